The smallest absolute Gasteiger partial charge is 0.325 e. The van der Waals surface area contributed by atoms with Crippen molar-refractivity contribution in [2.45, 2.75) is 52.6 Å². The minimum absolute atomic E-state index is 0.00231. The van der Waals surface area contributed by atoms with Gasteiger partial charge in [-0.05, 0) is 38.0 Å². The van der Waals surface area contributed by atoms with Crippen LogP contribution in [0.2, 0.25) is 0 Å². The van der Waals surface area contributed by atoms with Crippen molar-refractivity contribution in [3.8, 4) is 5.75 Å². The highest BCUT2D eigenvalue weighted by Crippen LogP contribution is 2.35. The number of esters is 1. The predicted octanol–water partition coefficient (Wildman–Crippen LogP) is 3.60. The molecule has 1 atom stereocenters. The number of ketones is 1. The Morgan fingerprint density at radius 2 is 2.08 bits per heavy atom. The lowest BCUT2D eigenvalue weighted by Crippen LogP contribution is -2.42. The standard InChI is InChI=1S/C19H27NO4/c1-4-6-7-10-23-19(22)13-20-12-16(5-2)24-18-9-8-15(14(3)21)11-17(18)20/h8-9,11,16H,4-7,10,12-13H2,1-3H3. The van der Waals surface area contributed by atoms with Crippen molar-refractivity contribution in [2.75, 3.05) is 24.6 Å². The lowest BCUT2D eigenvalue weighted by atomic mass is 10.1. The number of benzene rings is 1. The first-order valence-corrected chi connectivity index (χ1v) is 8.77. The van der Waals surface area contributed by atoms with Crippen LogP contribution < -0.4 is 9.64 Å². The second-order valence-electron chi connectivity index (χ2n) is 6.19. The van der Waals surface area contributed by atoms with E-state index < -0.39 is 0 Å². The van der Waals surface area contributed by atoms with Crippen LogP contribution in [0.5, 0.6) is 5.75 Å². The van der Waals surface area contributed by atoms with Gasteiger partial charge in [0.25, 0.3) is 0 Å². The van der Waals surface area contributed by atoms with Crippen LogP contribution in [0.15, 0.2) is 18.2 Å². The van der Waals surface area contributed by atoms with Gasteiger partial charge in [0.2, 0.25) is 0 Å². The summed E-state index contributed by atoms with van der Waals surface area (Å²) in [5, 5.41) is 0. The van der Waals surface area contributed by atoms with Crippen LogP contribution in [0, 0.1) is 0 Å². The number of Topliss-reactive ketones (excluding diaryl/α,β-unsaturated/α-hetero) is 1. The molecule has 0 aliphatic carbocycles. The second-order valence-corrected chi connectivity index (χ2v) is 6.19. The van der Waals surface area contributed by atoms with Gasteiger partial charge in [-0.15, -0.1) is 0 Å². The van der Waals surface area contributed by atoms with E-state index in [1.807, 2.05) is 11.0 Å². The summed E-state index contributed by atoms with van der Waals surface area (Å²) in [6, 6.07) is 5.38. The second kappa shape index (κ2) is 8.71. The van der Waals surface area contributed by atoms with E-state index in [1.165, 1.54) is 6.92 Å². The number of carbonyl (C=O) groups is 2. The summed E-state index contributed by atoms with van der Waals surface area (Å²) in [5.74, 6) is 0.483. The Morgan fingerprint density at radius 3 is 2.75 bits per heavy atom. The minimum atomic E-state index is -0.234. The third-order valence-electron chi connectivity index (χ3n) is 4.21. The predicted molar refractivity (Wildman–Crippen MR) is 93.9 cm³/mol. The molecule has 1 aromatic rings. The summed E-state index contributed by atoms with van der Waals surface area (Å²) in [6.45, 7) is 6.97. The first-order valence-electron chi connectivity index (χ1n) is 8.77. The molecule has 0 fully saturated rings. The Balaban J connectivity index is 2.09. The molecule has 0 aromatic heterocycles. The molecular weight excluding hydrogens is 306 g/mol. The Kier molecular flexibility index (Phi) is 6.64. The first-order chi connectivity index (χ1) is 11.5. The zero-order valence-electron chi connectivity index (χ0n) is 14.8. The Hall–Kier alpha value is -2.04. The fraction of sp³-hybridized carbons (Fsp3) is 0.579. The number of anilines is 1. The average Bonchev–Trinajstić information content (AvgIpc) is 2.58. The van der Waals surface area contributed by atoms with Crippen LogP contribution in [0.4, 0.5) is 5.69 Å². The van der Waals surface area contributed by atoms with Gasteiger partial charge in [0.15, 0.2) is 5.78 Å². The van der Waals surface area contributed by atoms with Gasteiger partial charge in [-0.1, -0.05) is 26.7 Å². The number of carbonyl (C=O) groups excluding carboxylic acids is 2. The number of nitrogens with zero attached hydrogens (tertiary/aromatic N) is 1. The molecule has 5 nitrogen and oxygen atoms in total. The Bertz CT molecular complexity index is 585. The number of ether oxygens (including phenoxy) is 2. The molecular formula is C19H27NO4. The minimum Gasteiger partial charge on any atom is -0.486 e. The SMILES string of the molecule is CCCCCOC(=O)CN1CC(CC)Oc2ccc(C(C)=O)cc21. The quantitative estimate of drug-likeness (QED) is 0.413. The summed E-state index contributed by atoms with van der Waals surface area (Å²) >= 11 is 0. The van der Waals surface area contributed by atoms with E-state index in [-0.39, 0.29) is 24.4 Å². The van der Waals surface area contributed by atoms with Crippen LogP contribution in [0.25, 0.3) is 0 Å². The zero-order chi connectivity index (χ0) is 17.5. The maximum atomic E-state index is 12.1. The molecule has 2 rings (SSSR count). The van der Waals surface area contributed by atoms with Gasteiger partial charge in [-0.25, -0.2) is 0 Å². The van der Waals surface area contributed by atoms with E-state index in [1.54, 1.807) is 12.1 Å². The maximum Gasteiger partial charge on any atom is 0.325 e. The van der Waals surface area contributed by atoms with Crippen molar-refractivity contribution in [1.29, 1.82) is 0 Å². The molecule has 0 bridgehead atoms. The summed E-state index contributed by atoms with van der Waals surface area (Å²) < 4.78 is 11.3. The van der Waals surface area contributed by atoms with Crippen LogP contribution in [-0.2, 0) is 9.53 Å². The lowest BCUT2D eigenvalue weighted by molar-refractivity contribution is -0.142. The molecule has 0 radical (unpaired) electrons. The molecule has 0 N–H and O–H groups in total. The molecule has 5 heteroatoms. The Labute approximate surface area is 143 Å². The zero-order valence-corrected chi connectivity index (χ0v) is 14.8. The van der Waals surface area contributed by atoms with E-state index in [4.69, 9.17) is 9.47 Å². The largest absolute Gasteiger partial charge is 0.486 e. The summed E-state index contributed by atoms with van der Waals surface area (Å²) in [5.41, 5.74) is 1.41. The summed E-state index contributed by atoms with van der Waals surface area (Å²) in [6.07, 6.45) is 3.95. The van der Waals surface area contributed by atoms with Crippen molar-refractivity contribution in [3.05, 3.63) is 23.8 Å². The van der Waals surface area contributed by atoms with Gasteiger partial charge >= 0.3 is 5.97 Å². The average molecular weight is 333 g/mol. The van der Waals surface area contributed by atoms with Gasteiger partial charge in [0.05, 0.1) is 18.8 Å². The van der Waals surface area contributed by atoms with E-state index >= 15 is 0 Å². The van der Waals surface area contributed by atoms with Crippen molar-refractivity contribution < 1.29 is 19.1 Å². The number of hydrogen-bond acceptors (Lipinski definition) is 5. The van der Waals surface area contributed by atoms with Crippen molar-refractivity contribution in [1.82, 2.24) is 0 Å². The molecule has 0 spiro atoms. The van der Waals surface area contributed by atoms with Gasteiger partial charge in [-0.3, -0.25) is 9.59 Å². The van der Waals surface area contributed by atoms with Crippen molar-refractivity contribution in [3.63, 3.8) is 0 Å². The first kappa shape index (κ1) is 18.3. The molecule has 1 heterocycles. The number of unbranched alkanes of at least 4 members (excludes halogenated alkanes) is 2. The van der Waals surface area contributed by atoms with Gasteiger partial charge < -0.3 is 14.4 Å². The molecule has 1 aromatic carbocycles. The molecule has 1 unspecified atom stereocenters. The molecule has 24 heavy (non-hydrogen) atoms. The van der Waals surface area contributed by atoms with Gasteiger partial charge in [0, 0.05) is 5.56 Å². The van der Waals surface area contributed by atoms with Crippen LogP contribution >= 0.6 is 0 Å². The van der Waals surface area contributed by atoms with E-state index in [9.17, 15) is 9.59 Å². The fourth-order valence-corrected chi connectivity index (χ4v) is 2.75. The van der Waals surface area contributed by atoms with Crippen LogP contribution in [0.1, 0.15) is 56.8 Å². The number of hydrogen-bond donors (Lipinski definition) is 0. The molecule has 0 amide bonds. The van der Waals surface area contributed by atoms with Crippen LogP contribution in [-0.4, -0.2) is 37.6 Å². The third-order valence-corrected chi connectivity index (χ3v) is 4.21. The van der Waals surface area contributed by atoms with Gasteiger partial charge in [0.1, 0.15) is 18.4 Å². The fourth-order valence-electron chi connectivity index (χ4n) is 2.75. The van der Waals surface area contributed by atoms with Crippen molar-refractivity contribution >= 4 is 17.4 Å². The Morgan fingerprint density at radius 1 is 1.29 bits per heavy atom. The molecule has 1 aliphatic heterocycles. The van der Waals surface area contributed by atoms with E-state index in [0.29, 0.717) is 18.7 Å². The molecule has 132 valence electrons. The molecule has 1 aliphatic rings. The monoisotopic (exact) mass is 333 g/mol. The third kappa shape index (κ3) is 4.73. The highest BCUT2D eigenvalue weighted by molar-refractivity contribution is 5.95. The molecule has 0 saturated heterocycles. The number of fused-ring (bicyclic) bond motifs is 1. The van der Waals surface area contributed by atoms with Crippen LogP contribution in [0.3, 0.4) is 0 Å². The summed E-state index contributed by atoms with van der Waals surface area (Å²) in [4.78, 5) is 25.7. The molecule has 0 saturated carbocycles. The normalized spacial score (nSPS) is 16.3. The lowest BCUT2D eigenvalue weighted by Gasteiger charge is -2.35. The topological polar surface area (TPSA) is 55.8 Å². The maximum absolute atomic E-state index is 12.1. The highest BCUT2D eigenvalue weighted by Gasteiger charge is 2.27. The van der Waals surface area contributed by atoms with E-state index in [2.05, 4.69) is 13.8 Å². The van der Waals surface area contributed by atoms with E-state index in [0.717, 1.165) is 37.1 Å². The van der Waals surface area contributed by atoms with Gasteiger partial charge in [-0.2, -0.15) is 0 Å². The summed E-state index contributed by atoms with van der Waals surface area (Å²) in [7, 11) is 0. The number of rotatable bonds is 8. The van der Waals surface area contributed by atoms with Crippen molar-refractivity contribution in [2.24, 2.45) is 0 Å². The highest BCUT2D eigenvalue weighted by atomic mass is 16.5.